The molecule has 2 heterocycles. The summed E-state index contributed by atoms with van der Waals surface area (Å²) >= 11 is 0. The van der Waals surface area contributed by atoms with Gasteiger partial charge >= 0.3 is 5.63 Å². The molecule has 98 valence electrons. The first kappa shape index (κ1) is 11.3. The van der Waals surface area contributed by atoms with Crippen molar-refractivity contribution in [2.45, 2.75) is 13.8 Å². The van der Waals surface area contributed by atoms with Crippen LogP contribution in [-0.2, 0) is 0 Å². The lowest BCUT2D eigenvalue weighted by Gasteiger charge is -2.05. The fraction of sp³-hybridized carbons (Fsp3) is 0.118. The third-order valence-corrected chi connectivity index (χ3v) is 3.84. The molecule has 4 aromatic rings. The summed E-state index contributed by atoms with van der Waals surface area (Å²) in [6.45, 7) is 3.90. The van der Waals surface area contributed by atoms with E-state index in [0.717, 1.165) is 27.3 Å². The second-order valence-corrected chi connectivity index (χ2v) is 5.12. The Kier molecular flexibility index (Phi) is 2.11. The molecule has 3 nitrogen and oxygen atoms in total. The van der Waals surface area contributed by atoms with Gasteiger partial charge in [0.25, 0.3) is 0 Å². The van der Waals surface area contributed by atoms with Crippen molar-refractivity contribution in [3.63, 3.8) is 0 Å². The largest absolute Gasteiger partial charge is 0.460 e. The summed E-state index contributed by atoms with van der Waals surface area (Å²) in [5.74, 6) is 0. The van der Waals surface area contributed by atoms with Crippen LogP contribution < -0.4 is 5.63 Å². The predicted molar refractivity (Wildman–Crippen MR) is 79.2 cm³/mol. The Morgan fingerprint density at radius 1 is 0.850 bits per heavy atom. The molecule has 0 fully saturated rings. The zero-order valence-corrected chi connectivity index (χ0v) is 11.2. The fourth-order valence-corrected chi connectivity index (χ4v) is 2.81. The van der Waals surface area contributed by atoms with Crippen LogP contribution in [0.25, 0.3) is 32.7 Å². The Morgan fingerprint density at radius 3 is 2.50 bits per heavy atom. The van der Waals surface area contributed by atoms with Crippen LogP contribution in [0.4, 0.5) is 0 Å². The van der Waals surface area contributed by atoms with Gasteiger partial charge in [-0.2, -0.15) is 0 Å². The van der Waals surface area contributed by atoms with Gasteiger partial charge in [-0.15, -0.1) is 0 Å². The van der Waals surface area contributed by atoms with Crippen LogP contribution in [0.3, 0.4) is 0 Å². The Hall–Kier alpha value is -2.55. The Labute approximate surface area is 114 Å². The van der Waals surface area contributed by atoms with E-state index >= 15 is 0 Å². The van der Waals surface area contributed by atoms with E-state index in [1.807, 2.05) is 44.2 Å². The zero-order chi connectivity index (χ0) is 13.9. The minimum absolute atomic E-state index is 0.312. The van der Waals surface area contributed by atoms with Crippen LogP contribution in [0.1, 0.15) is 11.1 Å². The van der Waals surface area contributed by atoms with Gasteiger partial charge in [-0.1, -0.05) is 24.3 Å². The number of rotatable bonds is 0. The molecule has 2 aromatic carbocycles. The van der Waals surface area contributed by atoms with E-state index in [2.05, 4.69) is 0 Å². The summed E-state index contributed by atoms with van der Waals surface area (Å²) < 4.78 is 11.0. The lowest BCUT2D eigenvalue weighted by atomic mass is 10.00. The quantitative estimate of drug-likeness (QED) is 0.444. The molecule has 0 spiro atoms. The SMILES string of the molecule is Cc1cccc2c1ccc1c3occ(C)c3oc(=O)c21. The van der Waals surface area contributed by atoms with Crippen LogP contribution in [0.5, 0.6) is 0 Å². The van der Waals surface area contributed by atoms with Gasteiger partial charge in [-0.3, -0.25) is 0 Å². The summed E-state index contributed by atoms with van der Waals surface area (Å²) in [5.41, 5.74) is 2.84. The lowest BCUT2D eigenvalue weighted by Crippen LogP contribution is -2.00. The maximum Gasteiger partial charge on any atom is 0.345 e. The molecule has 4 rings (SSSR count). The minimum Gasteiger partial charge on any atom is -0.460 e. The molecule has 0 saturated heterocycles. The van der Waals surface area contributed by atoms with E-state index < -0.39 is 0 Å². The molecule has 0 unspecified atom stereocenters. The third-order valence-electron chi connectivity index (χ3n) is 3.84. The predicted octanol–water partition coefficient (Wildman–Crippen LogP) is 4.31. The molecular formula is C17H12O3. The number of hydrogen-bond donors (Lipinski definition) is 0. The van der Waals surface area contributed by atoms with Gasteiger partial charge in [0, 0.05) is 10.9 Å². The minimum atomic E-state index is -0.312. The van der Waals surface area contributed by atoms with Crippen LogP contribution >= 0.6 is 0 Å². The molecule has 0 bridgehead atoms. The van der Waals surface area contributed by atoms with Crippen molar-refractivity contribution in [1.29, 1.82) is 0 Å². The summed E-state index contributed by atoms with van der Waals surface area (Å²) in [6, 6.07) is 9.90. The fourth-order valence-electron chi connectivity index (χ4n) is 2.81. The molecule has 0 radical (unpaired) electrons. The van der Waals surface area contributed by atoms with E-state index in [-0.39, 0.29) is 5.63 Å². The maximum atomic E-state index is 12.4. The Morgan fingerprint density at radius 2 is 1.65 bits per heavy atom. The van der Waals surface area contributed by atoms with Crippen molar-refractivity contribution in [2.24, 2.45) is 0 Å². The van der Waals surface area contributed by atoms with E-state index in [4.69, 9.17) is 8.83 Å². The average molecular weight is 264 g/mol. The molecule has 20 heavy (non-hydrogen) atoms. The molecule has 2 aromatic heterocycles. The normalized spacial score (nSPS) is 11.7. The molecule has 3 heteroatoms. The highest BCUT2D eigenvalue weighted by Gasteiger charge is 2.15. The molecular weight excluding hydrogens is 252 g/mol. The van der Waals surface area contributed by atoms with Crippen molar-refractivity contribution in [1.82, 2.24) is 0 Å². The van der Waals surface area contributed by atoms with Crippen molar-refractivity contribution < 1.29 is 8.83 Å². The standard InChI is InChI=1S/C17H12O3/c1-9-4-3-5-12-11(9)6-7-13-14(12)17(18)20-15-10(2)8-19-16(13)15/h3-8H,1-2H3. The number of fused-ring (bicyclic) bond motifs is 5. The monoisotopic (exact) mass is 264 g/mol. The average Bonchev–Trinajstić information content (AvgIpc) is 2.80. The van der Waals surface area contributed by atoms with Gasteiger partial charge in [0.05, 0.1) is 11.6 Å². The first-order valence-electron chi connectivity index (χ1n) is 6.50. The summed E-state index contributed by atoms with van der Waals surface area (Å²) in [4.78, 5) is 12.4. The molecule has 0 saturated carbocycles. The van der Waals surface area contributed by atoms with Gasteiger partial charge in [-0.25, -0.2) is 4.79 Å². The van der Waals surface area contributed by atoms with Crippen LogP contribution in [0.15, 0.2) is 50.2 Å². The van der Waals surface area contributed by atoms with Crippen LogP contribution in [0, 0.1) is 13.8 Å². The second kappa shape index (κ2) is 3.73. The molecule has 0 aliphatic heterocycles. The molecule has 0 amide bonds. The van der Waals surface area contributed by atoms with Crippen molar-refractivity contribution >= 4 is 32.7 Å². The van der Waals surface area contributed by atoms with E-state index in [1.54, 1.807) is 6.26 Å². The zero-order valence-electron chi connectivity index (χ0n) is 11.2. The van der Waals surface area contributed by atoms with E-state index in [0.29, 0.717) is 16.6 Å². The van der Waals surface area contributed by atoms with Gasteiger partial charge in [-0.05, 0) is 36.2 Å². The summed E-state index contributed by atoms with van der Waals surface area (Å²) in [6.07, 6.45) is 1.62. The van der Waals surface area contributed by atoms with Crippen molar-refractivity contribution in [3.05, 3.63) is 58.1 Å². The lowest BCUT2D eigenvalue weighted by molar-refractivity contribution is 0.559. The van der Waals surface area contributed by atoms with Gasteiger partial charge < -0.3 is 8.83 Å². The topological polar surface area (TPSA) is 43.4 Å². The number of benzene rings is 2. The smallest absolute Gasteiger partial charge is 0.345 e. The Bertz CT molecular complexity index is 1030. The highest BCUT2D eigenvalue weighted by molar-refractivity contribution is 6.14. The van der Waals surface area contributed by atoms with Crippen molar-refractivity contribution in [3.8, 4) is 0 Å². The van der Waals surface area contributed by atoms with Crippen LogP contribution in [-0.4, -0.2) is 0 Å². The Balaban J connectivity index is 2.38. The summed E-state index contributed by atoms with van der Waals surface area (Å²) in [7, 11) is 0. The summed E-state index contributed by atoms with van der Waals surface area (Å²) in [5, 5.41) is 3.37. The van der Waals surface area contributed by atoms with Crippen molar-refractivity contribution in [2.75, 3.05) is 0 Å². The first-order chi connectivity index (χ1) is 9.66. The highest BCUT2D eigenvalue weighted by atomic mass is 16.4. The van der Waals surface area contributed by atoms with E-state index in [1.165, 1.54) is 0 Å². The first-order valence-corrected chi connectivity index (χ1v) is 6.50. The molecule has 0 aliphatic rings. The maximum absolute atomic E-state index is 12.4. The molecule has 0 N–H and O–H groups in total. The van der Waals surface area contributed by atoms with Gasteiger partial charge in [0.15, 0.2) is 11.2 Å². The van der Waals surface area contributed by atoms with E-state index in [9.17, 15) is 4.79 Å². The second-order valence-electron chi connectivity index (χ2n) is 5.12. The van der Waals surface area contributed by atoms with Gasteiger partial charge in [0.2, 0.25) is 0 Å². The third kappa shape index (κ3) is 1.32. The number of aryl methyl sites for hydroxylation is 2. The number of furan rings is 1. The number of hydrogen-bond acceptors (Lipinski definition) is 3. The molecule has 0 atom stereocenters. The van der Waals surface area contributed by atoms with Crippen LogP contribution in [0.2, 0.25) is 0 Å². The highest BCUT2D eigenvalue weighted by Crippen LogP contribution is 2.31. The molecule has 0 aliphatic carbocycles. The van der Waals surface area contributed by atoms with Gasteiger partial charge in [0.1, 0.15) is 0 Å².